The molecule has 0 aromatic heterocycles. The number of rotatable bonds is 7. The minimum absolute atomic E-state index is 0.522. The van der Waals surface area contributed by atoms with Gasteiger partial charge in [-0.2, -0.15) is 0 Å². The second kappa shape index (κ2) is 8.64. The fraction of sp³-hybridized carbons (Fsp3) is 0.636. The number of hydrogen-bond acceptors (Lipinski definition) is 8. The molecule has 0 radical (unpaired) electrons. The topological polar surface area (TPSA) is 116 Å². The van der Waals surface area contributed by atoms with Crippen LogP contribution in [0, 0.1) is 0 Å². The lowest BCUT2D eigenvalue weighted by Gasteiger charge is -2.27. The summed E-state index contributed by atoms with van der Waals surface area (Å²) in [5.41, 5.74) is 0. The maximum atomic E-state index is 11.4. The lowest BCUT2D eigenvalue weighted by atomic mass is 10.1. The predicted octanol–water partition coefficient (Wildman–Crippen LogP) is -0.305. The Labute approximate surface area is 123 Å². The van der Waals surface area contributed by atoms with Gasteiger partial charge in [0.2, 0.25) is 10.8 Å². The normalized spacial score (nSPS) is 14.7. The predicted molar refractivity (Wildman–Crippen MR) is 67.7 cm³/mol. The van der Waals surface area contributed by atoms with E-state index >= 15 is 0 Å². The van der Waals surface area contributed by atoms with Crippen molar-refractivity contribution in [2.24, 2.45) is 0 Å². The molecule has 0 spiro atoms. The molecule has 0 bridgehead atoms. The maximum absolute atomic E-state index is 11.4. The van der Waals surface area contributed by atoms with E-state index in [0.29, 0.717) is 0 Å². The molecule has 1 N–H and O–H groups in total. The largest absolute Gasteiger partial charge is 0.463 e. The maximum Gasteiger partial charge on any atom is 0.303 e. The molecule has 0 aliphatic carbocycles. The molecule has 0 saturated carbocycles. The van der Waals surface area contributed by atoms with E-state index in [1.807, 2.05) is 0 Å². The van der Waals surface area contributed by atoms with Crippen LogP contribution in [0.3, 0.4) is 0 Å². The van der Waals surface area contributed by atoms with Gasteiger partial charge < -0.3 is 19.3 Å². The van der Waals surface area contributed by atoms with Crippen molar-refractivity contribution in [1.29, 1.82) is 0 Å². The summed E-state index contributed by atoms with van der Waals surface area (Å²) >= 11 is 2.58. The highest BCUT2D eigenvalue weighted by molar-refractivity contribution is 9.18. The zero-order valence-electron chi connectivity index (χ0n) is 11.1. The molecule has 0 aromatic carbocycles. The Hall–Kier alpha value is -1.48. The van der Waals surface area contributed by atoms with Crippen LogP contribution in [0.1, 0.15) is 20.8 Å². The van der Waals surface area contributed by atoms with Crippen molar-refractivity contribution in [2.75, 3.05) is 6.61 Å². The molecule has 9 heteroatoms. The minimum Gasteiger partial charge on any atom is -0.463 e. The van der Waals surface area contributed by atoms with Crippen molar-refractivity contribution in [2.45, 2.75) is 39.1 Å². The number of carbonyl (C=O) groups excluding carboxylic acids is 4. The first kappa shape index (κ1) is 18.5. The fourth-order valence-electron chi connectivity index (χ4n) is 1.25. The summed E-state index contributed by atoms with van der Waals surface area (Å²) in [6.45, 7) is 2.69. The van der Waals surface area contributed by atoms with Crippen LogP contribution in [0.25, 0.3) is 0 Å². The quantitative estimate of drug-likeness (QED) is 0.376. The van der Waals surface area contributed by atoms with E-state index in [1.54, 1.807) is 0 Å². The Morgan fingerprint density at radius 1 is 1.00 bits per heavy atom. The summed E-state index contributed by atoms with van der Waals surface area (Å²) in [5, 5.41) is 9.82. The molecule has 0 amide bonds. The third kappa shape index (κ3) is 7.19. The van der Waals surface area contributed by atoms with Gasteiger partial charge in [-0.15, -0.1) is 0 Å². The summed E-state index contributed by atoms with van der Waals surface area (Å²) in [6, 6.07) is 0. The standard InChI is InChI=1S/C11H15BrO8/c1-5(13)18-4-8(16)9(19-6(2)14)10(11(12)17)20-7(3)15/h8-10,16H,4H2,1-3H3/t8-,9-,10-/m1/s1. The number of aliphatic hydroxyl groups excluding tert-OH is 1. The SMILES string of the molecule is CC(=O)OC[C@@H](O)[C@@H](OC(C)=O)[C@@H](OC(C)=O)C(=O)Br. The van der Waals surface area contributed by atoms with Crippen LogP contribution in [0.4, 0.5) is 0 Å². The highest BCUT2D eigenvalue weighted by Gasteiger charge is 2.38. The van der Waals surface area contributed by atoms with E-state index in [-0.39, 0.29) is 0 Å². The van der Waals surface area contributed by atoms with Crippen LogP contribution in [0.2, 0.25) is 0 Å². The van der Waals surface area contributed by atoms with Gasteiger partial charge >= 0.3 is 17.9 Å². The van der Waals surface area contributed by atoms with Crippen molar-refractivity contribution in [3.63, 3.8) is 0 Å². The average Bonchev–Trinajstić information content (AvgIpc) is 2.29. The summed E-state index contributed by atoms with van der Waals surface area (Å²) in [7, 11) is 0. The number of esters is 3. The van der Waals surface area contributed by atoms with Crippen LogP contribution in [-0.4, -0.2) is 52.6 Å². The van der Waals surface area contributed by atoms with Gasteiger partial charge in [0.15, 0.2) is 6.10 Å². The van der Waals surface area contributed by atoms with Crippen LogP contribution in [0.5, 0.6) is 0 Å². The first-order valence-corrected chi connectivity index (χ1v) is 6.29. The van der Waals surface area contributed by atoms with E-state index in [4.69, 9.17) is 4.74 Å². The van der Waals surface area contributed by atoms with Gasteiger partial charge in [-0.1, -0.05) is 0 Å². The molecule has 3 atom stereocenters. The average molecular weight is 355 g/mol. The molecule has 0 heterocycles. The van der Waals surface area contributed by atoms with Crippen molar-refractivity contribution >= 4 is 38.5 Å². The van der Waals surface area contributed by atoms with Crippen molar-refractivity contribution in [3.05, 3.63) is 0 Å². The second-order valence-corrected chi connectivity index (χ2v) is 4.56. The van der Waals surface area contributed by atoms with Crippen LogP contribution in [0.15, 0.2) is 0 Å². The zero-order valence-corrected chi connectivity index (χ0v) is 12.7. The summed E-state index contributed by atoms with van der Waals surface area (Å²) in [5.74, 6) is -2.28. The number of carbonyl (C=O) groups is 4. The Kier molecular flexibility index (Phi) is 8.00. The fourth-order valence-corrected chi connectivity index (χ4v) is 1.61. The minimum atomic E-state index is -1.55. The van der Waals surface area contributed by atoms with Crippen molar-refractivity contribution < 1.29 is 38.5 Å². The van der Waals surface area contributed by atoms with Gasteiger partial charge in [0.25, 0.3) is 0 Å². The molecule has 0 rings (SSSR count). The number of halogens is 1. The molecule has 0 saturated heterocycles. The molecule has 114 valence electrons. The van der Waals surface area contributed by atoms with E-state index in [0.717, 1.165) is 20.8 Å². The molecular weight excluding hydrogens is 340 g/mol. The third-order valence-electron chi connectivity index (χ3n) is 1.95. The Bertz CT molecular complexity index is 394. The molecule has 0 aliphatic heterocycles. The third-order valence-corrected chi connectivity index (χ3v) is 2.40. The lowest BCUT2D eigenvalue weighted by Crippen LogP contribution is -2.47. The number of ether oxygens (including phenoxy) is 3. The van der Waals surface area contributed by atoms with Gasteiger partial charge in [-0.25, -0.2) is 0 Å². The van der Waals surface area contributed by atoms with Gasteiger partial charge in [0.1, 0.15) is 12.7 Å². The molecule has 20 heavy (non-hydrogen) atoms. The molecular formula is C11H15BrO8. The second-order valence-electron chi connectivity index (χ2n) is 3.78. The monoisotopic (exact) mass is 354 g/mol. The van der Waals surface area contributed by atoms with Crippen molar-refractivity contribution in [1.82, 2.24) is 0 Å². The van der Waals surface area contributed by atoms with Crippen LogP contribution < -0.4 is 0 Å². The smallest absolute Gasteiger partial charge is 0.303 e. The van der Waals surface area contributed by atoms with E-state index < -0.39 is 47.5 Å². The van der Waals surface area contributed by atoms with Gasteiger partial charge in [0, 0.05) is 20.8 Å². The first-order chi connectivity index (χ1) is 9.15. The van der Waals surface area contributed by atoms with E-state index in [1.165, 1.54) is 0 Å². The van der Waals surface area contributed by atoms with Gasteiger partial charge in [-0.3, -0.25) is 19.2 Å². The number of aliphatic hydroxyl groups is 1. The first-order valence-electron chi connectivity index (χ1n) is 5.50. The highest BCUT2D eigenvalue weighted by Crippen LogP contribution is 2.15. The van der Waals surface area contributed by atoms with E-state index in [9.17, 15) is 24.3 Å². The lowest BCUT2D eigenvalue weighted by molar-refractivity contribution is -0.179. The van der Waals surface area contributed by atoms with Crippen molar-refractivity contribution in [3.8, 4) is 0 Å². The summed E-state index contributed by atoms with van der Waals surface area (Å²) < 4.78 is 13.2. The Balaban J connectivity index is 5.06. The summed E-state index contributed by atoms with van der Waals surface area (Å²) in [6.07, 6.45) is -4.58. The van der Waals surface area contributed by atoms with Crippen LogP contribution >= 0.6 is 15.9 Å². The Morgan fingerprint density at radius 3 is 1.85 bits per heavy atom. The molecule has 8 nitrogen and oxygen atoms in total. The highest BCUT2D eigenvalue weighted by atomic mass is 79.9. The van der Waals surface area contributed by atoms with Crippen LogP contribution in [-0.2, 0) is 33.4 Å². The molecule has 0 aromatic rings. The summed E-state index contributed by atoms with van der Waals surface area (Å²) in [4.78, 5) is 44.0. The number of hydrogen-bond donors (Lipinski definition) is 1. The van der Waals surface area contributed by atoms with E-state index in [2.05, 4.69) is 25.4 Å². The zero-order chi connectivity index (χ0) is 15.9. The van der Waals surface area contributed by atoms with Gasteiger partial charge in [-0.05, 0) is 15.9 Å². The molecule has 0 fully saturated rings. The Morgan fingerprint density at radius 2 is 1.50 bits per heavy atom. The molecule has 0 unspecified atom stereocenters. The molecule has 0 aliphatic rings. The van der Waals surface area contributed by atoms with Gasteiger partial charge in [0.05, 0.1) is 0 Å².